The van der Waals surface area contributed by atoms with Gasteiger partial charge < -0.3 is 19.3 Å². The fourth-order valence-corrected chi connectivity index (χ4v) is 4.10. The molecular formula is C28H37N3O4. The first-order valence-electron chi connectivity index (χ1n) is 12.5. The Balaban J connectivity index is 1.58. The van der Waals surface area contributed by atoms with Crippen molar-refractivity contribution in [3.8, 4) is 23.1 Å². The van der Waals surface area contributed by atoms with Gasteiger partial charge in [-0.3, -0.25) is 4.90 Å². The Hall–Kier alpha value is -2.87. The fourth-order valence-electron chi connectivity index (χ4n) is 4.10. The molecule has 1 N–H and O–H groups in total. The number of methoxy groups -OCH3 is 1. The van der Waals surface area contributed by atoms with Gasteiger partial charge in [-0.15, -0.1) is 0 Å². The molecule has 1 atom stereocenters. The highest BCUT2D eigenvalue weighted by molar-refractivity contribution is 5.44. The number of nitrogens with zero attached hydrogens (tertiary/aromatic N) is 3. The second-order valence-corrected chi connectivity index (χ2v) is 9.14. The van der Waals surface area contributed by atoms with Gasteiger partial charge in [-0.1, -0.05) is 31.5 Å². The van der Waals surface area contributed by atoms with Crippen molar-refractivity contribution in [2.45, 2.75) is 58.2 Å². The van der Waals surface area contributed by atoms with E-state index in [1.54, 1.807) is 7.11 Å². The summed E-state index contributed by atoms with van der Waals surface area (Å²) in [5.41, 5.74) is 2.88. The summed E-state index contributed by atoms with van der Waals surface area (Å²) in [5, 5.41) is 15.5. The van der Waals surface area contributed by atoms with Crippen LogP contribution in [0.4, 0.5) is 0 Å². The summed E-state index contributed by atoms with van der Waals surface area (Å²) >= 11 is 0. The highest BCUT2D eigenvalue weighted by Crippen LogP contribution is 2.35. The Bertz CT molecular complexity index is 1050. The van der Waals surface area contributed by atoms with Gasteiger partial charge in [0, 0.05) is 25.7 Å². The van der Waals surface area contributed by atoms with E-state index in [0.29, 0.717) is 44.0 Å². The zero-order valence-electron chi connectivity index (χ0n) is 21.0. The van der Waals surface area contributed by atoms with Gasteiger partial charge in [0.25, 0.3) is 0 Å². The van der Waals surface area contributed by atoms with Crippen LogP contribution in [0.3, 0.4) is 0 Å². The molecule has 1 aromatic heterocycles. The smallest absolute Gasteiger partial charge is 0.227 e. The Morgan fingerprint density at radius 1 is 1.09 bits per heavy atom. The lowest BCUT2D eigenvalue weighted by Gasteiger charge is -2.25. The topological polar surface area (TPSA) is 69.0 Å². The first kappa shape index (κ1) is 25.2. The fraction of sp³-hybridized carbons (Fsp3) is 0.464. The largest absolute Gasteiger partial charge is 0.497 e. The molecule has 1 unspecified atom stereocenters. The van der Waals surface area contributed by atoms with E-state index in [1.165, 1.54) is 0 Å². The third kappa shape index (κ3) is 6.84. The van der Waals surface area contributed by atoms with Crippen LogP contribution in [0.15, 0.2) is 54.6 Å². The number of hydrogen-bond donors (Lipinski definition) is 1. The highest BCUT2D eigenvalue weighted by Gasteiger charge is 2.32. The quantitative estimate of drug-likeness (QED) is 0.324. The van der Waals surface area contributed by atoms with E-state index in [-0.39, 0.29) is 0 Å². The third-order valence-electron chi connectivity index (χ3n) is 6.23. The second-order valence-electron chi connectivity index (χ2n) is 9.14. The number of rotatable bonds is 14. The number of para-hydroxylation sites is 1. The number of benzene rings is 2. The molecule has 1 aliphatic carbocycles. The molecule has 0 amide bonds. The first-order chi connectivity index (χ1) is 17.1. The summed E-state index contributed by atoms with van der Waals surface area (Å²) in [6.45, 7) is 6.43. The predicted molar refractivity (Wildman–Crippen MR) is 137 cm³/mol. The average Bonchev–Trinajstić information content (AvgIpc) is 3.69. The van der Waals surface area contributed by atoms with E-state index in [9.17, 15) is 5.11 Å². The molecule has 0 spiro atoms. The number of aromatic nitrogens is 2. The van der Waals surface area contributed by atoms with E-state index >= 15 is 0 Å². The second kappa shape index (κ2) is 12.2. The van der Waals surface area contributed by atoms with Gasteiger partial charge in [0.15, 0.2) is 0 Å². The Morgan fingerprint density at radius 2 is 1.80 bits per heavy atom. The molecule has 188 valence electrons. The van der Waals surface area contributed by atoms with Crippen molar-refractivity contribution < 1.29 is 19.3 Å². The number of hydrogen-bond acceptors (Lipinski definition) is 6. The van der Waals surface area contributed by atoms with Crippen LogP contribution in [0.1, 0.15) is 43.9 Å². The molecule has 1 aliphatic rings. The summed E-state index contributed by atoms with van der Waals surface area (Å²) in [7, 11) is 1.65. The van der Waals surface area contributed by atoms with E-state index in [4.69, 9.17) is 19.3 Å². The number of aliphatic hydroxyl groups is 1. The molecule has 0 radical (unpaired) electrons. The van der Waals surface area contributed by atoms with Crippen LogP contribution in [0.5, 0.6) is 17.4 Å². The maximum atomic E-state index is 10.6. The van der Waals surface area contributed by atoms with Gasteiger partial charge in [0.05, 0.1) is 36.8 Å². The minimum atomic E-state index is -0.525. The first-order valence-corrected chi connectivity index (χ1v) is 12.5. The van der Waals surface area contributed by atoms with Gasteiger partial charge in [0.1, 0.15) is 11.5 Å². The zero-order chi connectivity index (χ0) is 24.6. The van der Waals surface area contributed by atoms with Gasteiger partial charge in [0.2, 0.25) is 5.88 Å². The molecule has 2 aromatic carbocycles. The van der Waals surface area contributed by atoms with Crippen LogP contribution in [0, 0.1) is 6.92 Å². The summed E-state index contributed by atoms with van der Waals surface area (Å²) in [5.74, 6) is 2.19. The van der Waals surface area contributed by atoms with Crippen LogP contribution in [-0.2, 0) is 11.3 Å². The number of ether oxygens (including phenoxy) is 3. The number of aliphatic hydroxyl groups excluding tert-OH is 1. The van der Waals surface area contributed by atoms with Gasteiger partial charge in [-0.2, -0.15) is 5.10 Å². The van der Waals surface area contributed by atoms with Crippen molar-refractivity contribution in [1.29, 1.82) is 0 Å². The summed E-state index contributed by atoms with van der Waals surface area (Å²) in [4.78, 5) is 2.34. The SMILES string of the molecule is CCCCOCC(O)CN(Cc1c(C)nn(-c2ccccc2)c1Oc1ccc(OC)cc1)C1CC1. The molecule has 7 nitrogen and oxygen atoms in total. The molecule has 4 rings (SSSR count). The van der Waals surface area contributed by atoms with Crippen molar-refractivity contribution >= 4 is 0 Å². The van der Waals surface area contributed by atoms with Crippen molar-refractivity contribution in [2.24, 2.45) is 0 Å². The Labute approximate surface area is 208 Å². The third-order valence-corrected chi connectivity index (χ3v) is 6.23. The van der Waals surface area contributed by atoms with E-state index in [2.05, 4.69) is 11.8 Å². The lowest BCUT2D eigenvalue weighted by molar-refractivity contribution is 0.0127. The summed E-state index contributed by atoms with van der Waals surface area (Å²) in [6.07, 6.45) is 3.87. The monoisotopic (exact) mass is 479 g/mol. The van der Waals surface area contributed by atoms with Crippen molar-refractivity contribution in [2.75, 3.05) is 26.9 Å². The van der Waals surface area contributed by atoms with Crippen molar-refractivity contribution in [3.63, 3.8) is 0 Å². The van der Waals surface area contributed by atoms with E-state index in [1.807, 2.05) is 66.2 Å². The lowest BCUT2D eigenvalue weighted by atomic mass is 10.2. The molecule has 1 fully saturated rings. The molecule has 1 heterocycles. The minimum absolute atomic E-state index is 0.362. The van der Waals surface area contributed by atoms with E-state index in [0.717, 1.165) is 48.4 Å². The molecule has 0 bridgehead atoms. The lowest BCUT2D eigenvalue weighted by Crippen LogP contribution is -2.36. The van der Waals surface area contributed by atoms with Gasteiger partial charge >= 0.3 is 0 Å². The van der Waals surface area contributed by atoms with Gasteiger partial charge in [-0.25, -0.2) is 4.68 Å². The summed E-state index contributed by atoms with van der Waals surface area (Å²) in [6, 6.07) is 18.1. The number of aryl methyl sites for hydroxylation is 1. The molecule has 1 saturated carbocycles. The minimum Gasteiger partial charge on any atom is -0.497 e. The number of unbranched alkanes of at least 4 members (excludes halogenated alkanes) is 1. The Morgan fingerprint density at radius 3 is 2.46 bits per heavy atom. The zero-order valence-corrected chi connectivity index (χ0v) is 21.0. The molecule has 7 heteroatoms. The standard InChI is InChI=1S/C28H37N3O4/c1-4-5-17-34-20-24(32)18-30(22-11-12-22)19-27-21(2)29-31(23-9-7-6-8-10-23)28(27)35-26-15-13-25(33-3)14-16-26/h6-10,13-16,22,24,32H,4-5,11-12,17-20H2,1-3H3. The Kier molecular flexibility index (Phi) is 8.79. The van der Waals surface area contributed by atoms with Crippen LogP contribution in [-0.4, -0.2) is 58.8 Å². The predicted octanol–water partition coefficient (Wildman–Crippen LogP) is 5.12. The van der Waals surface area contributed by atoms with Crippen LogP contribution >= 0.6 is 0 Å². The van der Waals surface area contributed by atoms with Crippen molar-refractivity contribution in [3.05, 3.63) is 65.9 Å². The van der Waals surface area contributed by atoms with Gasteiger partial charge in [-0.05, 0) is 62.6 Å². The van der Waals surface area contributed by atoms with E-state index < -0.39 is 6.10 Å². The van der Waals surface area contributed by atoms with Crippen molar-refractivity contribution in [1.82, 2.24) is 14.7 Å². The maximum absolute atomic E-state index is 10.6. The normalized spacial score (nSPS) is 14.3. The molecule has 0 aliphatic heterocycles. The molecule has 0 saturated heterocycles. The molecule has 3 aromatic rings. The van der Waals surface area contributed by atoms with Crippen LogP contribution in [0.25, 0.3) is 5.69 Å². The van der Waals surface area contributed by atoms with Crippen LogP contribution < -0.4 is 9.47 Å². The summed E-state index contributed by atoms with van der Waals surface area (Å²) < 4.78 is 19.3. The average molecular weight is 480 g/mol. The molecular weight excluding hydrogens is 442 g/mol. The highest BCUT2D eigenvalue weighted by atomic mass is 16.5. The maximum Gasteiger partial charge on any atom is 0.227 e. The van der Waals surface area contributed by atoms with Crippen LogP contribution in [0.2, 0.25) is 0 Å². The molecule has 35 heavy (non-hydrogen) atoms.